The summed E-state index contributed by atoms with van der Waals surface area (Å²) in [6, 6.07) is 8.49. The van der Waals surface area contributed by atoms with E-state index in [9.17, 15) is 4.79 Å². The molecule has 0 saturated carbocycles. The molecule has 1 aromatic carbocycles. The van der Waals surface area contributed by atoms with E-state index in [0.29, 0.717) is 22.0 Å². The maximum absolute atomic E-state index is 11.7. The standard InChI is InChI=1S/C15H15N5O2S/c1-9(14-10(2)20-23-15(14)17)18-19-13(21)8-22-12-5-3-11(7-16)4-6-12/h3-6H,8,17H2,1-2H3,(H,19,21)/b18-9-. The molecule has 2 rings (SSSR count). The van der Waals surface area contributed by atoms with E-state index in [1.54, 1.807) is 31.2 Å². The third-order valence-corrected chi connectivity index (χ3v) is 3.72. The van der Waals surface area contributed by atoms with Gasteiger partial charge in [0.25, 0.3) is 5.91 Å². The van der Waals surface area contributed by atoms with Gasteiger partial charge in [-0.2, -0.15) is 14.7 Å². The largest absolute Gasteiger partial charge is 0.484 e. The van der Waals surface area contributed by atoms with Crippen LogP contribution in [0.25, 0.3) is 0 Å². The predicted molar refractivity (Wildman–Crippen MR) is 88.3 cm³/mol. The third kappa shape index (κ3) is 4.28. The Kier molecular flexibility index (Phi) is 5.28. The van der Waals surface area contributed by atoms with Gasteiger partial charge in [0.05, 0.1) is 28.6 Å². The van der Waals surface area contributed by atoms with Crippen LogP contribution in [-0.4, -0.2) is 22.6 Å². The van der Waals surface area contributed by atoms with Gasteiger partial charge < -0.3 is 10.5 Å². The maximum atomic E-state index is 11.7. The summed E-state index contributed by atoms with van der Waals surface area (Å²) in [5.41, 5.74) is 10.9. The van der Waals surface area contributed by atoms with Crippen LogP contribution in [0.1, 0.15) is 23.7 Å². The van der Waals surface area contributed by atoms with Crippen LogP contribution < -0.4 is 15.9 Å². The van der Waals surface area contributed by atoms with E-state index in [1.165, 1.54) is 11.5 Å². The van der Waals surface area contributed by atoms with E-state index in [-0.39, 0.29) is 6.61 Å². The molecule has 1 aromatic heterocycles. The van der Waals surface area contributed by atoms with Crippen molar-refractivity contribution in [3.63, 3.8) is 0 Å². The quantitative estimate of drug-likeness (QED) is 0.641. The molecule has 1 heterocycles. The lowest BCUT2D eigenvalue weighted by atomic mass is 10.2. The van der Waals surface area contributed by atoms with E-state index in [2.05, 4.69) is 14.9 Å². The molecule has 0 radical (unpaired) electrons. The van der Waals surface area contributed by atoms with E-state index >= 15 is 0 Å². The number of nitrogens with two attached hydrogens (primary N) is 1. The highest BCUT2D eigenvalue weighted by Crippen LogP contribution is 2.21. The molecule has 0 spiro atoms. The Hall–Kier alpha value is -2.92. The summed E-state index contributed by atoms with van der Waals surface area (Å²) in [5, 5.41) is 13.3. The lowest BCUT2D eigenvalue weighted by Crippen LogP contribution is -2.25. The van der Waals surface area contributed by atoms with Crippen LogP contribution in [0.2, 0.25) is 0 Å². The Morgan fingerprint density at radius 1 is 1.48 bits per heavy atom. The molecule has 0 aliphatic rings. The number of ether oxygens (including phenoxy) is 1. The summed E-state index contributed by atoms with van der Waals surface area (Å²) >= 11 is 1.19. The highest BCUT2D eigenvalue weighted by molar-refractivity contribution is 7.10. The molecular formula is C15H15N5O2S. The van der Waals surface area contributed by atoms with Crippen molar-refractivity contribution < 1.29 is 9.53 Å². The minimum absolute atomic E-state index is 0.182. The Bertz CT molecular complexity index is 755. The normalized spacial score (nSPS) is 10.9. The Morgan fingerprint density at radius 2 is 2.17 bits per heavy atom. The Morgan fingerprint density at radius 3 is 2.74 bits per heavy atom. The third-order valence-electron chi connectivity index (χ3n) is 2.95. The van der Waals surface area contributed by atoms with Crippen molar-refractivity contribution in [3.05, 3.63) is 41.1 Å². The highest BCUT2D eigenvalue weighted by Gasteiger charge is 2.11. The first kappa shape index (κ1) is 16.5. The number of amides is 1. The van der Waals surface area contributed by atoms with Gasteiger partial charge in [-0.1, -0.05) is 0 Å². The summed E-state index contributed by atoms with van der Waals surface area (Å²) in [4.78, 5) is 11.7. The summed E-state index contributed by atoms with van der Waals surface area (Å²) in [7, 11) is 0. The Labute approximate surface area is 137 Å². The number of nitrogen functional groups attached to an aromatic ring is 1. The zero-order chi connectivity index (χ0) is 16.8. The molecule has 0 atom stereocenters. The summed E-state index contributed by atoms with van der Waals surface area (Å²) in [6.07, 6.45) is 0. The lowest BCUT2D eigenvalue weighted by molar-refractivity contribution is -0.123. The zero-order valence-electron chi connectivity index (χ0n) is 12.7. The first-order valence-electron chi connectivity index (χ1n) is 6.69. The average Bonchev–Trinajstić information content (AvgIpc) is 2.90. The van der Waals surface area contributed by atoms with Gasteiger partial charge in [0.2, 0.25) is 0 Å². The van der Waals surface area contributed by atoms with Gasteiger partial charge in [0.15, 0.2) is 6.61 Å². The van der Waals surface area contributed by atoms with E-state index in [0.717, 1.165) is 11.3 Å². The summed E-state index contributed by atoms with van der Waals surface area (Å²) in [5.74, 6) is 0.107. The number of carbonyl (C=O) groups is 1. The highest BCUT2D eigenvalue weighted by atomic mass is 32.1. The van der Waals surface area contributed by atoms with Gasteiger partial charge >= 0.3 is 0 Å². The van der Waals surface area contributed by atoms with E-state index < -0.39 is 5.91 Å². The summed E-state index contributed by atoms with van der Waals surface area (Å²) < 4.78 is 9.44. The number of rotatable bonds is 5. The van der Waals surface area contributed by atoms with Gasteiger partial charge in [-0.15, -0.1) is 0 Å². The molecular weight excluding hydrogens is 314 g/mol. The second kappa shape index (κ2) is 7.38. The second-order valence-corrected chi connectivity index (χ2v) is 5.47. The number of benzene rings is 1. The molecule has 7 nitrogen and oxygen atoms in total. The van der Waals surface area contributed by atoms with Crippen molar-refractivity contribution in [1.29, 1.82) is 5.26 Å². The molecule has 0 aliphatic heterocycles. The molecule has 3 N–H and O–H groups in total. The minimum atomic E-state index is -0.395. The zero-order valence-corrected chi connectivity index (χ0v) is 13.5. The second-order valence-electron chi connectivity index (χ2n) is 4.66. The van der Waals surface area contributed by atoms with Crippen LogP contribution >= 0.6 is 11.5 Å². The summed E-state index contributed by atoms with van der Waals surface area (Å²) in [6.45, 7) is 3.39. The van der Waals surface area contributed by atoms with Crippen molar-refractivity contribution in [2.45, 2.75) is 13.8 Å². The van der Waals surface area contributed by atoms with Crippen LogP contribution in [0.15, 0.2) is 29.4 Å². The van der Waals surface area contributed by atoms with E-state index in [1.807, 2.05) is 13.0 Å². The predicted octanol–water partition coefficient (Wildman–Crippen LogP) is 1.82. The van der Waals surface area contributed by atoms with Crippen LogP contribution in [0, 0.1) is 18.3 Å². The molecule has 23 heavy (non-hydrogen) atoms. The van der Waals surface area contributed by atoms with Crippen LogP contribution in [-0.2, 0) is 4.79 Å². The van der Waals surface area contributed by atoms with Gasteiger partial charge in [-0.25, -0.2) is 5.43 Å². The number of nitrogens with zero attached hydrogens (tertiary/aromatic N) is 3. The first-order chi connectivity index (χ1) is 11.0. The molecule has 0 saturated heterocycles. The number of nitrogens with one attached hydrogen (secondary N) is 1. The van der Waals surface area contributed by atoms with E-state index in [4.69, 9.17) is 15.7 Å². The SMILES string of the molecule is C/C(=N/NC(=O)COc1ccc(C#N)cc1)c1c(C)nsc1N. The topological polar surface area (TPSA) is 113 Å². The van der Waals surface area contributed by atoms with Crippen molar-refractivity contribution in [1.82, 2.24) is 9.80 Å². The number of nitriles is 1. The van der Waals surface area contributed by atoms with Crippen LogP contribution in [0.3, 0.4) is 0 Å². The number of hydrogen-bond acceptors (Lipinski definition) is 7. The van der Waals surface area contributed by atoms with Crippen molar-refractivity contribution >= 4 is 28.2 Å². The maximum Gasteiger partial charge on any atom is 0.277 e. The number of hydrogen-bond donors (Lipinski definition) is 2. The monoisotopic (exact) mass is 329 g/mol. The molecule has 1 amide bonds. The van der Waals surface area contributed by atoms with Gasteiger partial charge in [0, 0.05) is 0 Å². The molecule has 0 bridgehead atoms. The fourth-order valence-corrected chi connectivity index (χ4v) is 2.55. The van der Waals surface area contributed by atoms with Crippen molar-refractivity contribution in [2.75, 3.05) is 12.3 Å². The number of carbonyl (C=O) groups excluding carboxylic acids is 1. The molecule has 0 fully saturated rings. The smallest absolute Gasteiger partial charge is 0.277 e. The van der Waals surface area contributed by atoms with Crippen LogP contribution in [0.5, 0.6) is 5.75 Å². The number of anilines is 1. The molecule has 2 aromatic rings. The van der Waals surface area contributed by atoms with Gasteiger partial charge in [0.1, 0.15) is 10.8 Å². The van der Waals surface area contributed by atoms with Gasteiger partial charge in [-0.05, 0) is 49.6 Å². The average molecular weight is 329 g/mol. The molecule has 118 valence electrons. The molecule has 8 heteroatoms. The molecule has 0 aliphatic carbocycles. The van der Waals surface area contributed by atoms with Crippen molar-refractivity contribution in [2.24, 2.45) is 5.10 Å². The number of aryl methyl sites for hydroxylation is 1. The van der Waals surface area contributed by atoms with Crippen LogP contribution in [0.4, 0.5) is 5.00 Å². The fraction of sp³-hybridized carbons (Fsp3) is 0.200. The minimum Gasteiger partial charge on any atom is -0.484 e. The number of hydrazone groups is 1. The Balaban J connectivity index is 1.89. The van der Waals surface area contributed by atoms with Crippen molar-refractivity contribution in [3.8, 4) is 11.8 Å². The van der Waals surface area contributed by atoms with Gasteiger partial charge in [-0.3, -0.25) is 4.79 Å². The fourth-order valence-electron chi connectivity index (χ4n) is 1.84. The number of aromatic nitrogens is 1. The lowest BCUT2D eigenvalue weighted by Gasteiger charge is -2.06. The first-order valence-corrected chi connectivity index (χ1v) is 7.47. The molecule has 0 unspecified atom stereocenters.